The standard InChI is InChI=1S/C21H23O4P/c1-5-24-26(22)16(3)14-20(17-10-12-19(23-4)13-11-17)21(25-26)18-8-6-15(2)7-9-18/h6-14H,5H2,1-4H3. The zero-order chi connectivity index (χ0) is 18.7. The smallest absolute Gasteiger partial charge is 0.406 e. The molecule has 1 aliphatic heterocycles. The van der Waals surface area contributed by atoms with Crippen LogP contribution in [-0.2, 0) is 13.6 Å². The maximum absolute atomic E-state index is 13.1. The van der Waals surface area contributed by atoms with Gasteiger partial charge in [-0.1, -0.05) is 42.0 Å². The summed E-state index contributed by atoms with van der Waals surface area (Å²) in [5, 5.41) is 0.598. The van der Waals surface area contributed by atoms with Crippen LogP contribution in [0.25, 0.3) is 11.3 Å². The molecule has 0 saturated carbocycles. The summed E-state index contributed by atoms with van der Waals surface area (Å²) in [6, 6.07) is 15.7. The van der Waals surface area contributed by atoms with Gasteiger partial charge in [0.1, 0.15) is 11.5 Å². The van der Waals surface area contributed by atoms with Crippen molar-refractivity contribution in [3.63, 3.8) is 0 Å². The van der Waals surface area contributed by atoms with Crippen LogP contribution in [-0.4, -0.2) is 13.7 Å². The molecule has 5 heteroatoms. The Balaban J connectivity index is 2.16. The number of benzene rings is 2. The summed E-state index contributed by atoms with van der Waals surface area (Å²) < 4.78 is 29.8. The predicted molar refractivity (Wildman–Crippen MR) is 105 cm³/mol. The molecule has 1 heterocycles. The van der Waals surface area contributed by atoms with E-state index in [2.05, 4.69) is 0 Å². The zero-order valence-electron chi connectivity index (χ0n) is 15.5. The second-order valence-electron chi connectivity index (χ2n) is 6.13. The van der Waals surface area contributed by atoms with Gasteiger partial charge in [0.05, 0.1) is 19.0 Å². The molecule has 0 radical (unpaired) electrons. The van der Waals surface area contributed by atoms with Crippen molar-refractivity contribution in [2.24, 2.45) is 0 Å². The van der Waals surface area contributed by atoms with E-state index in [0.717, 1.165) is 28.0 Å². The molecule has 0 aromatic heterocycles. The van der Waals surface area contributed by atoms with E-state index < -0.39 is 7.60 Å². The van der Waals surface area contributed by atoms with Crippen molar-refractivity contribution in [2.75, 3.05) is 13.7 Å². The van der Waals surface area contributed by atoms with Gasteiger partial charge in [-0.3, -0.25) is 4.52 Å². The number of rotatable bonds is 5. The van der Waals surface area contributed by atoms with Gasteiger partial charge < -0.3 is 9.26 Å². The van der Waals surface area contributed by atoms with Crippen LogP contribution in [0, 0.1) is 6.92 Å². The number of hydrogen-bond acceptors (Lipinski definition) is 4. The van der Waals surface area contributed by atoms with Gasteiger partial charge in [0.15, 0.2) is 0 Å². The van der Waals surface area contributed by atoms with Crippen LogP contribution in [0.5, 0.6) is 5.75 Å². The Morgan fingerprint density at radius 3 is 2.15 bits per heavy atom. The molecule has 136 valence electrons. The fourth-order valence-electron chi connectivity index (χ4n) is 2.79. The number of allylic oxidation sites excluding steroid dienone is 3. The van der Waals surface area contributed by atoms with Crippen LogP contribution in [0.1, 0.15) is 30.5 Å². The van der Waals surface area contributed by atoms with Crippen LogP contribution in [0.2, 0.25) is 0 Å². The molecule has 0 fully saturated rings. The van der Waals surface area contributed by atoms with Crippen LogP contribution in [0.3, 0.4) is 0 Å². The van der Waals surface area contributed by atoms with Crippen molar-refractivity contribution in [1.82, 2.24) is 0 Å². The third-order valence-corrected chi connectivity index (χ3v) is 6.27. The third-order valence-electron chi connectivity index (χ3n) is 4.26. The fraction of sp³-hybridized carbons (Fsp3) is 0.238. The number of hydrogen-bond donors (Lipinski definition) is 0. The van der Waals surface area contributed by atoms with Crippen molar-refractivity contribution in [3.05, 3.63) is 76.6 Å². The highest BCUT2D eigenvalue weighted by molar-refractivity contribution is 7.58. The first-order valence-corrected chi connectivity index (χ1v) is 10.1. The van der Waals surface area contributed by atoms with Gasteiger partial charge in [-0.25, -0.2) is 4.57 Å². The lowest BCUT2D eigenvalue weighted by Gasteiger charge is -2.27. The average molecular weight is 370 g/mol. The lowest BCUT2D eigenvalue weighted by atomic mass is 9.99. The van der Waals surface area contributed by atoms with E-state index in [1.165, 1.54) is 0 Å². The van der Waals surface area contributed by atoms with Crippen LogP contribution in [0.4, 0.5) is 0 Å². The maximum Gasteiger partial charge on any atom is 0.406 e. The average Bonchev–Trinajstić information content (AvgIpc) is 2.65. The molecule has 26 heavy (non-hydrogen) atoms. The van der Waals surface area contributed by atoms with E-state index in [4.69, 9.17) is 13.8 Å². The summed E-state index contributed by atoms with van der Waals surface area (Å²) >= 11 is 0. The van der Waals surface area contributed by atoms with Gasteiger partial charge in [-0.05, 0) is 44.5 Å². The molecular formula is C21H23O4P. The summed E-state index contributed by atoms with van der Waals surface area (Å²) in [6.45, 7) is 5.94. The number of ether oxygens (including phenoxy) is 1. The molecule has 0 saturated heterocycles. The Labute approximate surface area is 154 Å². The topological polar surface area (TPSA) is 44.8 Å². The van der Waals surface area contributed by atoms with Crippen molar-refractivity contribution >= 4 is 18.9 Å². The molecule has 0 amide bonds. The largest absolute Gasteiger partial charge is 0.497 e. The summed E-state index contributed by atoms with van der Waals surface area (Å²) in [5.41, 5.74) is 3.85. The molecule has 0 aliphatic carbocycles. The summed E-state index contributed by atoms with van der Waals surface area (Å²) in [6.07, 6.45) is 1.90. The van der Waals surface area contributed by atoms with Crippen molar-refractivity contribution in [1.29, 1.82) is 0 Å². The summed E-state index contributed by atoms with van der Waals surface area (Å²) in [7, 11) is -1.70. The van der Waals surface area contributed by atoms with E-state index in [9.17, 15) is 4.57 Å². The van der Waals surface area contributed by atoms with E-state index in [1.807, 2.05) is 68.5 Å². The van der Waals surface area contributed by atoms with Gasteiger partial charge in [-0.15, -0.1) is 0 Å². The first-order valence-electron chi connectivity index (χ1n) is 8.55. The van der Waals surface area contributed by atoms with E-state index in [-0.39, 0.29) is 0 Å². The van der Waals surface area contributed by atoms with Crippen molar-refractivity contribution in [2.45, 2.75) is 20.8 Å². The Kier molecular flexibility index (Phi) is 5.36. The molecule has 1 aliphatic rings. The maximum atomic E-state index is 13.1. The third kappa shape index (κ3) is 3.62. The highest BCUT2D eigenvalue weighted by atomic mass is 31.2. The minimum absolute atomic E-state index is 0.321. The van der Waals surface area contributed by atoms with Crippen LogP contribution < -0.4 is 4.74 Å². The van der Waals surface area contributed by atoms with Gasteiger partial charge >= 0.3 is 7.60 Å². The zero-order valence-corrected chi connectivity index (χ0v) is 16.4. The number of methoxy groups -OCH3 is 1. The molecule has 2 aromatic carbocycles. The minimum atomic E-state index is -3.33. The highest BCUT2D eigenvalue weighted by Gasteiger charge is 2.35. The molecule has 0 spiro atoms. The quantitative estimate of drug-likeness (QED) is 0.602. The predicted octanol–water partition coefficient (Wildman–Crippen LogP) is 6.04. The monoisotopic (exact) mass is 370 g/mol. The lowest BCUT2D eigenvalue weighted by Crippen LogP contribution is -2.05. The Hall–Kier alpha value is -2.29. The van der Waals surface area contributed by atoms with E-state index in [1.54, 1.807) is 14.0 Å². The molecule has 3 rings (SSSR count). The van der Waals surface area contributed by atoms with Gasteiger partial charge in [-0.2, -0.15) is 0 Å². The minimum Gasteiger partial charge on any atom is -0.497 e. The lowest BCUT2D eigenvalue weighted by molar-refractivity contribution is 0.275. The normalized spacial score (nSPS) is 19.8. The summed E-state index contributed by atoms with van der Waals surface area (Å²) in [4.78, 5) is 0. The molecule has 0 bridgehead atoms. The molecule has 0 N–H and O–H groups in total. The molecule has 1 atom stereocenters. The molecular weight excluding hydrogens is 347 g/mol. The van der Waals surface area contributed by atoms with Crippen molar-refractivity contribution in [3.8, 4) is 5.75 Å². The first kappa shape index (κ1) is 18.5. The molecule has 4 nitrogen and oxygen atoms in total. The second kappa shape index (κ2) is 7.53. The Bertz CT molecular complexity index is 893. The fourth-order valence-corrected chi connectivity index (χ4v) is 4.26. The Morgan fingerprint density at radius 1 is 0.962 bits per heavy atom. The SMILES string of the molecule is CCOP1(=O)OC(c2ccc(C)cc2)=C(c2ccc(OC)cc2)C=C1C. The van der Waals surface area contributed by atoms with Gasteiger partial charge in [0.25, 0.3) is 0 Å². The van der Waals surface area contributed by atoms with E-state index >= 15 is 0 Å². The van der Waals surface area contributed by atoms with Gasteiger partial charge in [0, 0.05) is 11.1 Å². The summed E-state index contributed by atoms with van der Waals surface area (Å²) in [5.74, 6) is 1.35. The van der Waals surface area contributed by atoms with Crippen LogP contribution in [0.15, 0.2) is 59.9 Å². The molecule has 1 unspecified atom stereocenters. The highest BCUT2D eigenvalue weighted by Crippen LogP contribution is 2.62. The van der Waals surface area contributed by atoms with Crippen LogP contribution >= 0.6 is 7.60 Å². The van der Waals surface area contributed by atoms with Crippen molar-refractivity contribution < 1.29 is 18.3 Å². The molecule has 2 aromatic rings. The van der Waals surface area contributed by atoms with E-state index in [0.29, 0.717) is 17.7 Å². The number of aryl methyl sites for hydroxylation is 1. The second-order valence-corrected chi connectivity index (χ2v) is 8.27. The first-order chi connectivity index (χ1) is 12.5. The Morgan fingerprint density at radius 2 is 1.58 bits per heavy atom. The van der Waals surface area contributed by atoms with Gasteiger partial charge in [0.2, 0.25) is 0 Å².